The summed E-state index contributed by atoms with van der Waals surface area (Å²) in [5.41, 5.74) is 4.14. The SMILES string of the molecule is COc1cc(C)c(CN(C)CC(=O)Nc2ccc(N3CCOCC3)cc2)cc1OC. The van der Waals surface area contributed by atoms with Crippen molar-refractivity contribution >= 4 is 17.3 Å². The molecule has 1 amide bonds. The molecular formula is C23H31N3O4. The van der Waals surface area contributed by atoms with Crippen molar-refractivity contribution in [2.45, 2.75) is 13.5 Å². The van der Waals surface area contributed by atoms with Crippen molar-refractivity contribution in [2.24, 2.45) is 0 Å². The fraction of sp³-hybridized carbons (Fsp3) is 0.435. The second-order valence-corrected chi connectivity index (χ2v) is 7.50. The number of benzene rings is 2. The van der Waals surface area contributed by atoms with E-state index < -0.39 is 0 Å². The lowest BCUT2D eigenvalue weighted by molar-refractivity contribution is -0.117. The molecule has 7 nitrogen and oxygen atoms in total. The minimum Gasteiger partial charge on any atom is -0.493 e. The maximum atomic E-state index is 12.5. The van der Waals surface area contributed by atoms with Gasteiger partial charge in [0.05, 0.1) is 34.0 Å². The van der Waals surface area contributed by atoms with E-state index in [2.05, 4.69) is 10.2 Å². The summed E-state index contributed by atoms with van der Waals surface area (Å²) < 4.78 is 16.1. The van der Waals surface area contributed by atoms with Gasteiger partial charge in [0.25, 0.3) is 0 Å². The van der Waals surface area contributed by atoms with Gasteiger partial charge in [0, 0.05) is 31.0 Å². The number of amides is 1. The predicted octanol–water partition coefficient (Wildman–Crippen LogP) is 2.92. The van der Waals surface area contributed by atoms with E-state index in [0.29, 0.717) is 24.6 Å². The summed E-state index contributed by atoms with van der Waals surface area (Å²) in [6.45, 7) is 6.25. The van der Waals surface area contributed by atoms with Gasteiger partial charge < -0.3 is 24.4 Å². The van der Waals surface area contributed by atoms with Crippen LogP contribution in [0.15, 0.2) is 36.4 Å². The maximum Gasteiger partial charge on any atom is 0.238 e. The van der Waals surface area contributed by atoms with E-state index in [-0.39, 0.29) is 5.91 Å². The summed E-state index contributed by atoms with van der Waals surface area (Å²) >= 11 is 0. The molecule has 1 N–H and O–H groups in total. The molecule has 1 aliphatic heterocycles. The van der Waals surface area contributed by atoms with E-state index in [4.69, 9.17) is 14.2 Å². The van der Waals surface area contributed by atoms with E-state index in [1.807, 2.05) is 55.3 Å². The molecule has 1 aliphatic rings. The van der Waals surface area contributed by atoms with Gasteiger partial charge in [-0.2, -0.15) is 0 Å². The van der Waals surface area contributed by atoms with Crippen LogP contribution in [0.4, 0.5) is 11.4 Å². The quantitative estimate of drug-likeness (QED) is 0.718. The molecule has 1 saturated heterocycles. The Morgan fingerprint density at radius 2 is 1.73 bits per heavy atom. The maximum absolute atomic E-state index is 12.5. The molecule has 0 saturated carbocycles. The Kier molecular flexibility index (Phi) is 7.54. The van der Waals surface area contributed by atoms with Gasteiger partial charge in [-0.25, -0.2) is 0 Å². The van der Waals surface area contributed by atoms with Gasteiger partial charge in [0.15, 0.2) is 11.5 Å². The lowest BCUT2D eigenvalue weighted by Gasteiger charge is -2.28. The molecule has 30 heavy (non-hydrogen) atoms. The normalized spacial score (nSPS) is 14.0. The molecule has 1 heterocycles. The molecule has 3 rings (SSSR count). The molecular weight excluding hydrogens is 382 g/mol. The van der Waals surface area contributed by atoms with Crippen LogP contribution in [-0.4, -0.2) is 64.9 Å². The number of ether oxygens (including phenoxy) is 3. The predicted molar refractivity (Wildman–Crippen MR) is 119 cm³/mol. The first-order valence-electron chi connectivity index (χ1n) is 10.1. The molecule has 2 aromatic rings. The van der Waals surface area contributed by atoms with Crippen LogP contribution in [0.5, 0.6) is 11.5 Å². The number of nitrogens with zero attached hydrogens (tertiary/aromatic N) is 2. The molecule has 7 heteroatoms. The van der Waals surface area contributed by atoms with Crippen LogP contribution in [0, 0.1) is 6.92 Å². The molecule has 162 valence electrons. The third-order valence-corrected chi connectivity index (χ3v) is 5.22. The number of carbonyl (C=O) groups is 1. The standard InChI is InChI=1S/C23H31N3O4/c1-17-13-21(28-3)22(29-4)14-18(17)15-25(2)16-23(27)24-19-5-7-20(8-6-19)26-9-11-30-12-10-26/h5-8,13-14H,9-12,15-16H2,1-4H3,(H,24,27). The van der Waals surface area contributed by atoms with E-state index in [0.717, 1.165) is 48.8 Å². The fourth-order valence-electron chi connectivity index (χ4n) is 3.56. The van der Waals surface area contributed by atoms with Gasteiger partial charge in [-0.15, -0.1) is 0 Å². The highest BCUT2D eigenvalue weighted by Crippen LogP contribution is 2.30. The number of likely N-dealkylation sites (N-methyl/N-ethyl adjacent to an activating group) is 1. The number of methoxy groups -OCH3 is 2. The summed E-state index contributed by atoms with van der Waals surface area (Å²) in [6, 6.07) is 11.9. The highest BCUT2D eigenvalue weighted by Gasteiger charge is 2.14. The Labute approximate surface area is 178 Å². The second-order valence-electron chi connectivity index (χ2n) is 7.50. The lowest BCUT2D eigenvalue weighted by Crippen LogP contribution is -2.36. The average Bonchev–Trinajstić information content (AvgIpc) is 2.75. The van der Waals surface area contributed by atoms with Crippen molar-refractivity contribution in [3.05, 3.63) is 47.5 Å². The monoisotopic (exact) mass is 413 g/mol. The second kappa shape index (κ2) is 10.3. The molecule has 1 fully saturated rings. The van der Waals surface area contributed by atoms with Crippen LogP contribution < -0.4 is 19.7 Å². The molecule has 0 aromatic heterocycles. The fourth-order valence-corrected chi connectivity index (χ4v) is 3.56. The Hall–Kier alpha value is -2.77. The van der Waals surface area contributed by atoms with Crippen LogP contribution in [0.1, 0.15) is 11.1 Å². The van der Waals surface area contributed by atoms with Crippen LogP contribution >= 0.6 is 0 Å². The van der Waals surface area contributed by atoms with Gasteiger partial charge in [0.2, 0.25) is 5.91 Å². The minimum atomic E-state index is -0.0465. The summed E-state index contributed by atoms with van der Waals surface area (Å²) in [5.74, 6) is 1.35. The van der Waals surface area contributed by atoms with Gasteiger partial charge in [-0.3, -0.25) is 9.69 Å². The van der Waals surface area contributed by atoms with Crippen molar-refractivity contribution in [1.82, 2.24) is 4.90 Å². The van der Waals surface area contributed by atoms with Crippen LogP contribution in [0.2, 0.25) is 0 Å². The van der Waals surface area contributed by atoms with Crippen molar-refractivity contribution in [3.8, 4) is 11.5 Å². The van der Waals surface area contributed by atoms with E-state index in [1.165, 1.54) is 0 Å². The Balaban J connectivity index is 1.54. The number of hydrogen-bond donors (Lipinski definition) is 1. The first-order valence-corrected chi connectivity index (χ1v) is 10.1. The minimum absolute atomic E-state index is 0.0465. The highest BCUT2D eigenvalue weighted by atomic mass is 16.5. The van der Waals surface area contributed by atoms with Gasteiger partial charge in [0.1, 0.15) is 0 Å². The molecule has 0 aliphatic carbocycles. The van der Waals surface area contributed by atoms with Crippen LogP contribution in [-0.2, 0) is 16.1 Å². The number of morpholine rings is 1. The summed E-state index contributed by atoms with van der Waals surface area (Å²) in [5, 5.41) is 2.98. The molecule has 0 atom stereocenters. The zero-order valence-electron chi connectivity index (χ0n) is 18.2. The van der Waals surface area contributed by atoms with Gasteiger partial charge >= 0.3 is 0 Å². The van der Waals surface area contributed by atoms with Crippen LogP contribution in [0.3, 0.4) is 0 Å². The zero-order chi connectivity index (χ0) is 21.5. The lowest BCUT2D eigenvalue weighted by atomic mass is 10.1. The smallest absolute Gasteiger partial charge is 0.238 e. The summed E-state index contributed by atoms with van der Waals surface area (Å²) in [7, 11) is 5.18. The van der Waals surface area contributed by atoms with Crippen molar-refractivity contribution < 1.29 is 19.0 Å². The highest BCUT2D eigenvalue weighted by molar-refractivity contribution is 5.92. The largest absolute Gasteiger partial charge is 0.493 e. The number of rotatable bonds is 8. The zero-order valence-corrected chi connectivity index (χ0v) is 18.2. The Morgan fingerprint density at radius 1 is 1.10 bits per heavy atom. The Bertz CT molecular complexity index is 848. The number of nitrogens with one attached hydrogen (secondary N) is 1. The van der Waals surface area contributed by atoms with Crippen molar-refractivity contribution in [2.75, 3.05) is 64.3 Å². The third-order valence-electron chi connectivity index (χ3n) is 5.22. The number of aryl methyl sites for hydroxylation is 1. The molecule has 0 spiro atoms. The van der Waals surface area contributed by atoms with Crippen LogP contribution in [0.25, 0.3) is 0 Å². The summed E-state index contributed by atoms with van der Waals surface area (Å²) in [4.78, 5) is 16.7. The number of hydrogen-bond acceptors (Lipinski definition) is 6. The summed E-state index contributed by atoms with van der Waals surface area (Å²) in [6.07, 6.45) is 0. The topological polar surface area (TPSA) is 63.3 Å². The van der Waals surface area contributed by atoms with E-state index in [9.17, 15) is 4.79 Å². The van der Waals surface area contributed by atoms with Crippen molar-refractivity contribution in [3.63, 3.8) is 0 Å². The molecule has 2 aromatic carbocycles. The first kappa shape index (κ1) is 21.9. The molecule has 0 bridgehead atoms. The number of carbonyl (C=O) groups excluding carboxylic acids is 1. The van der Waals surface area contributed by atoms with Gasteiger partial charge in [-0.1, -0.05) is 0 Å². The average molecular weight is 414 g/mol. The van der Waals surface area contributed by atoms with Gasteiger partial charge in [-0.05, 0) is 61.5 Å². The first-order chi connectivity index (χ1) is 14.5. The molecule has 0 unspecified atom stereocenters. The number of anilines is 2. The van der Waals surface area contributed by atoms with E-state index in [1.54, 1.807) is 14.2 Å². The Morgan fingerprint density at radius 3 is 2.37 bits per heavy atom. The van der Waals surface area contributed by atoms with Crippen molar-refractivity contribution in [1.29, 1.82) is 0 Å². The van der Waals surface area contributed by atoms with E-state index >= 15 is 0 Å². The third kappa shape index (κ3) is 5.64. The molecule has 0 radical (unpaired) electrons.